The van der Waals surface area contributed by atoms with Crippen LogP contribution >= 0.6 is 0 Å². The summed E-state index contributed by atoms with van der Waals surface area (Å²) in [6.07, 6.45) is 7.22. The van der Waals surface area contributed by atoms with E-state index < -0.39 is 0 Å². The first-order chi connectivity index (χ1) is 11.9. The molecule has 0 aliphatic carbocycles. The van der Waals surface area contributed by atoms with Crippen LogP contribution in [-0.4, -0.2) is 60.8 Å². The molecule has 1 aliphatic rings. The second-order valence-electron chi connectivity index (χ2n) is 8.01. The Morgan fingerprint density at radius 1 is 0.840 bits per heavy atom. The van der Waals surface area contributed by atoms with Gasteiger partial charge >= 0.3 is 0 Å². The van der Waals surface area contributed by atoms with Gasteiger partial charge in [0.05, 0.1) is 12.2 Å². The molecule has 0 amide bonds. The lowest BCUT2D eigenvalue weighted by Gasteiger charge is -2.37. The number of ether oxygens (including phenoxy) is 1. The third-order valence-corrected chi connectivity index (χ3v) is 5.21. The number of piperazine rings is 1. The van der Waals surface area contributed by atoms with Crippen LogP contribution < -0.4 is 0 Å². The zero-order valence-electron chi connectivity index (χ0n) is 18.7. The van der Waals surface area contributed by atoms with Gasteiger partial charge in [0.2, 0.25) is 0 Å². The predicted octanol–water partition coefficient (Wildman–Crippen LogP) is 5.44. The Bertz CT molecular complexity index is 286. The van der Waals surface area contributed by atoms with Crippen molar-refractivity contribution in [3.05, 3.63) is 0 Å². The Morgan fingerprint density at radius 3 is 1.92 bits per heavy atom. The summed E-state index contributed by atoms with van der Waals surface area (Å²) in [5.41, 5.74) is 0. The monoisotopic (exact) mass is 356 g/mol. The molecule has 0 radical (unpaired) electrons. The van der Waals surface area contributed by atoms with Crippen molar-refractivity contribution in [3.8, 4) is 0 Å². The van der Waals surface area contributed by atoms with Gasteiger partial charge < -0.3 is 9.64 Å². The van der Waals surface area contributed by atoms with Crippen LogP contribution in [0.4, 0.5) is 0 Å². The SMILES string of the molecule is CC.CCC(CCC(C)CCCN1CCN(C(C)C)CC1)OC(C)C. The van der Waals surface area contributed by atoms with Crippen LogP contribution in [0.1, 0.15) is 87.5 Å². The maximum Gasteiger partial charge on any atom is 0.0576 e. The Labute approximate surface area is 159 Å². The molecule has 3 heteroatoms. The lowest BCUT2D eigenvalue weighted by molar-refractivity contribution is -0.00182. The van der Waals surface area contributed by atoms with Gasteiger partial charge in [-0.05, 0) is 72.3 Å². The number of rotatable bonds is 11. The van der Waals surface area contributed by atoms with Crippen molar-refractivity contribution in [2.24, 2.45) is 5.92 Å². The van der Waals surface area contributed by atoms with Gasteiger partial charge in [0.25, 0.3) is 0 Å². The quantitative estimate of drug-likeness (QED) is 0.490. The highest BCUT2D eigenvalue weighted by Crippen LogP contribution is 2.18. The van der Waals surface area contributed by atoms with E-state index in [1.165, 1.54) is 58.4 Å². The lowest BCUT2D eigenvalue weighted by Crippen LogP contribution is -2.48. The summed E-state index contributed by atoms with van der Waals surface area (Å²) in [7, 11) is 0. The van der Waals surface area contributed by atoms with Crippen LogP contribution in [0, 0.1) is 5.92 Å². The minimum atomic E-state index is 0.361. The summed E-state index contributed by atoms with van der Waals surface area (Å²) in [4.78, 5) is 5.25. The molecule has 0 aromatic heterocycles. The Balaban J connectivity index is 0.00000277. The molecule has 2 atom stereocenters. The van der Waals surface area contributed by atoms with Crippen LogP contribution in [0.5, 0.6) is 0 Å². The molecule has 1 heterocycles. The Morgan fingerprint density at radius 2 is 1.44 bits per heavy atom. The predicted molar refractivity (Wildman–Crippen MR) is 112 cm³/mol. The smallest absolute Gasteiger partial charge is 0.0576 e. The highest BCUT2D eigenvalue weighted by Gasteiger charge is 2.18. The second-order valence-corrected chi connectivity index (χ2v) is 8.01. The van der Waals surface area contributed by atoms with Crippen molar-refractivity contribution in [3.63, 3.8) is 0 Å². The number of hydrogen-bond acceptors (Lipinski definition) is 3. The van der Waals surface area contributed by atoms with E-state index in [2.05, 4.69) is 51.3 Å². The fraction of sp³-hybridized carbons (Fsp3) is 1.00. The summed E-state index contributed by atoms with van der Waals surface area (Å²) in [6, 6.07) is 0.705. The number of hydrogen-bond donors (Lipinski definition) is 0. The molecular weight excluding hydrogens is 308 g/mol. The van der Waals surface area contributed by atoms with Gasteiger partial charge in [0.1, 0.15) is 0 Å². The molecule has 1 aliphatic heterocycles. The zero-order valence-corrected chi connectivity index (χ0v) is 18.7. The van der Waals surface area contributed by atoms with E-state index in [-0.39, 0.29) is 0 Å². The van der Waals surface area contributed by atoms with Gasteiger partial charge in [-0.15, -0.1) is 0 Å². The maximum atomic E-state index is 5.97. The van der Waals surface area contributed by atoms with Crippen LogP contribution in [0.25, 0.3) is 0 Å². The number of nitrogens with zero attached hydrogens (tertiary/aromatic N) is 2. The minimum absolute atomic E-state index is 0.361. The first-order valence-electron chi connectivity index (χ1n) is 11.0. The molecule has 1 fully saturated rings. The van der Waals surface area contributed by atoms with Crippen LogP contribution in [0.15, 0.2) is 0 Å². The molecule has 0 bridgehead atoms. The second kappa shape index (κ2) is 15.0. The molecule has 0 aromatic carbocycles. The van der Waals surface area contributed by atoms with Crippen molar-refractivity contribution in [2.45, 2.75) is 106 Å². The van der Waals surface area contributed by atoms with Crippen molar-refractivity contribution in [2.75, 3.05) is 32.7 Å². The van der Waals surface area contributed by atoms with Gasteiger partial charge in [-0.2, -0.15) is 0 Å². The van der Waals surface area contributed by atoms with E-state index in [0.717, 1.165) is 12.3 Å². The topological polar surface area (TPSA) is 15.7 Å². The van der Waals surface area contributed by atoms with E-state index in [9.17, 15) is 0 Å². The lowest BCUT2D eigenvalue weighted by atomic mass is 9.97. The van der Waals surface area contributed by atoms with E-state index in [4.69, 9.17) is 4.74 Å². The third-order valence-electron chi connectivity index (χ3n) is 5.21. The average Bonchev–Trinajstić information content (AvgIpc) is 2.60. The standard InChI is InChI=1S/C20H42N2O.C2H6/c1-7-20(23-18(4)5)11-10-19(6)9-8-12-21-13-15-22(16-14-21)17(2)3;1-2/h17-20H,7-16H2,1-6H3;1-2H3. The normalized spacial score (nSPS) is 19.0. The van der Waals surface area contributed by atoms with Gasteiger partial charge in [0, 0.05) is 32.2 Å². The van der Waals surface area contributed by atoms with Gasteiger partial charge in [0.15, 0.2) is 0 Å². The highest BCUT2D eigenvalue weighted by molar-refractivity contribution is 4.74. The van der Waals surface area contributed by atoms with Crippen LogP contribution in [0.3, 0.4) is 0 Å². The first kappa shape index (κ1) is 24.9. The third kappa shape index (κ3) is 12.0. The maximum absolute atomic E-state index is 5.97. The van der Waals surface area contributed by atoms with E-state index in [1.807, 2.05) is 13.8 Å². The fourth-order valence-corrected chi connectivity index (χ4v) is 3.53. The Hall–Kier alpha value is -0.120. The highest BCUT2D eigenvalue weighted by atomic mass is 16.5. The largest absolute Gasteiger partial charge is 0.376 e. The van der Waals surface area contributed by atoms with Gasteiger partial charge in [-0.25, -0.2) is 0 Å². The Kier molecular flexibility index (Phi) is 14.9. The molecule has 0 N–H and O–H groups in total. The summed E-state index contributed by atoms with van der Waals surface area (Å²) in [5.74, 6) is 0.830. The molecule has 1 saturated heterocycles. The molecule has 25 heavy (non-hydrogen) atoms. The van der Waals surface area contributed by atoms with Crippen LogP contribution in [0.2, 0.25) is 0 Å². The van der Waals surface area contributed by atoms with Crippen molar-refractivity contribution in [1.29, 1.82) is 0 Å². The van der Waals surface area contributed by atoms with E-state index in [1.54, 1.807) is 0 Å². The molecule has 2 unspecified atom stereocenters. The summed E-state index contributed by atoms with van der Waals surface area (Å²) >= 11 is 0. The molecule has 0 spiro atoms. The van der Waals surface area contributed by atoms with E-state index in [0.29, 0.717) is 18.2 Å². The fourth-order valence-electron chi connectivity index (χ4n) is 3.53. The van der Waals surface area contributed by atoms with Gasteiger partial charge in [-0.1, -0.05) is 27.7 Å². The minimum Gasteiger partial charge on any atom is -0.376 e. The zero-order chi connectivity index (χ0) is 19.2. The molecular formula is C22H48N2O. The van der Waals surface area contributed by atoms with Crippen molar-refractivity contribution in [1.82, 2.24) is 9.80 Å². The van der Waals surface area contributed by atoms with Crippen molar-refractivity contribution < 1.29 is 4.74 Å². The molecule has 3 nitrogen and oxygen atoms in total. The van der Waals surface area contributed by atoms with E-state index >= 15 is 0 Å². The van der Waals surface area contributed by atoms with Gasteiger partial charge in [-0.3, -0.25) is 4.90 Å². The summed E-state index contributed by atoms with van der Waals surface area (Å²) < 4.78 is 5.97. The first-order valence-corrected chi connectivity index (χ1v) is 11.0. The molecule has 152 valence electrons. The summed E-state index contributed by atoms with van der Waals surface area (Å²) in [5, 5.41) is 0. The summed E-state index contributed by atoms with van der Waals surface area (Å²) in [6.45, 7) is 23.9. The van der Waals surface area contributed by atoms with Crippen molar-refractivity contribution >= 4 is 0 Å². The van der Waals surface area contributed by atoms with Crippen LogP contribution in [-0.2, 0) is 4.74 Å². The average molecular weight is 357 g/mol. The molecule has 0 aromatic rings. The molecule has 0 saturated carbocycles. The molecule has 1 rings (SSSR count).